The van der Waals surface area contributed by atoms with Gasteiger partial charge in [-0.3, -0.25) is 10.3 Å². The molecule has 1 saturated heterocycles. The van der Waals surface area contributed by atoms with Crippen LogP contribution in [0.4, 0.5) is 0 Å². The molecule has 0 amide bonds. The highest BCUT2D eigenvalue weighted by atomic mass is 16.5. The summed E-state index contributed by atoms with van der Waals surface area (Å²) in [6.45, 7) is 4.03. The summed E-state index contributed by atoms with van der Waals surface area (Å²) in [7, 11) is 1.64. The van der Waals surface area contributed by atoms with Crippen molar-refractivity contribution in [3.8, 4) is 5.75 Å². The van der Waals surface area contributed by atoms with Crippen LogP contribution in [0.2, 0.25) is 0 Å². The van der Waals surface area contributed by atoms with Gasteiger partial charge in [-0.05, 0) is 37.1 Å². The lowest BCUT2D eigenvalue weighted by Gasteiger charge is -2.26. The van der Waals surface area contributed by atoms with Gasteiger partial charge in [0, 0.05) is 23.7 Å². The first kappa shape index (κ1) is 14.8. The number of likely N-dealkylation sites (tertiary alicyclic amines) is 1. The molecular weight excluding hydrogens is 254 g/mol. The molecule has 2 atom stereocenters. The first-order chi connectivity index (χ1) is 9.56. The molecule has 0 radical (unpaired) electrons. The molecule has 1 aliphatic heterocycles. The van der Waals surface area contributed by atoms with E-state index in [1.165, 1.54) is 0 Å². The molecular formula is C15H23N3O2. The minimum atomic E-state index is 0.0578. The van der Waals surface area contributed by atoms with Crippen molar-refractivity contribution in [2.24, 2.45) is 11.7 Å². The summed E-state index contributed by atoms with van der Waals surface area (Å²) in [5.41, 5.74) is 7.26. The van der Waals surface area contributed by atoms with E-state index in [0.717, 1.165) is 24.3 Å². The van der Waals surface area contributed by atoms with Crippen molar-refractivity contribution in [2.75, 3.05) is 20.3 Å². The first-order valence-corrected chi connectivity index (χ1v) is 6.93. The van der Waals surface area contributed by atoms with Crippen molar-refractivity contribution in [1.82, 2.24) is 4.90 Å². The predicted octanol–water partition coefficient (Wildman–Crippen LogP) is 1.18. The van der Waals surface area contributed by atoms with Gasteiger partial charge in [-0.15, -0.1) is 0 Å². The van der Waals surface area contributed by atoms with Crippen LogP contribution >= 0.6 is 0 Å². The van der Waals surface area contributed by atoms with Crippen molar-refractivity contribution in [3.05, 3.63) is 29.3 Å². The van der Waals surface area contributed by atoms with Crippen LogP contribution in [0, 0.1) is 11.3 Å². The molecule has 1 fully saturated rings. The Morgan fingerprint density at radius 2 is 2.30 bits per heavy atom. The van der Waals surface area contributed by atoms with Crippen LogP contribution in [0.1, 0.15) is 24.5 Å². The second-order valence-electron chi connectivity index (χ2n) is 5.43. The standard InChI is InChI=1S/C15H23N3O2/c1-10-5-6-18(13(10)9-19)8-12-7-11(15(16)17)3-4-14(12)20-2/h3-4,7,10,13,19H,5-6,8-9H2,1-2H3,(H3,16,17). The van der Waals surface area contributed by atoms with Crippen LogP contribution in [-0.2, 0) is 6.54 Å². The molecule has 0 aliphatic carbocycles. The van der Waals surface area contributed by atoms with Crippen LogP contribution in [-0.4, -0.2) is 42.1 Å². The molecule has 5 nitrogen and oxygen atoms in total. The number of hydrogen-bond acceptors (Lipinski definition) is 4. The normalized spacial score (nSPS) is 22.9. The average Bonchev–Trinajstić information content (AvgIpc) is 2.78. The number of rotatable bonds is 5. The van der Waals surface area contributed by atoms with E-state index >= 15 is 0 Å². The second kappa shape index (κ2) is 6.24. The van der Waals surface area contributed by atoms with E-state index < -0.39 is 0 Å². The largest absolute Gasteiger partial charge is 0.496 e. The number of nitrogens with zero attached hydrogens (tertiary/aromatic N) is 1. The molecule has 110 valence electrons. The third kappa shape index (κ3) is 2.94. The zero-order valence-corrected chi connectivity index (χ0v) is 12.1. The Morgan fingerprint density at radius 3 is 2.90 bits per heavy atom. The maximum absolute atomic E-state index is 9.53. The number of methoxy groups -OCH3 is 1. The van der Waals surface area contributed by atoms with E-state index in [2.05, 4.69) is 11.8 Å². The lowest BCUT2D eigenvalue weighted by atomic mass is 10.0. The fraction of sp³-hybridized carbons (Fsp3) is 0.533. The van der Waals surface area contributed by atoms with E-state index in [1.54, 1.807) is 13.2 Å². The van der Waals surface area contributed by atoms with Crippen molar-refractivity contribution in [1.29, 1.82) is 5.41 Å². The molecule has 1 heterocycles. The first-order valence-electron chi connectivity index (χ1n) is 6.93. The zero-order valence-electron chi connectivity index (χ0n) is 12.1. The summed E-state index contributed by atoms with van der Waals surface area (Å²) in [5.74, 6) is 1.36. The van der Waals surface area contributed by atoms with Gasteiger partial charge in [-0.25, -0.2) is 0 Å². The fourth-order valence-electron chi connectivity index (χ4n) is 2.87. The molecule has 5 heteroatoms. The Hall–Kier alpha value is -1.59. The molecule has 0 saturated carbocycles. The highest BCUT2D eigenvalue weighted by molar-refractivity contribution is 5.95. The molecule has 4 N–H and O–H groups in total. The molecule has 0 aromatic heterocycles. The number of ether oxygens (including phenoxy) is 1. The number of aliphatic hydroxyl groups is 1. The summed E-state index contributed by atoms with van der Waals surface area (Å²) in [5, 5.41) is 17.1. The minimum absolute atomic E-state index is 0.0578. The van der Waals surface area contributed by atoms with Gasteiger partial charge in [0.2, 0.25) is 0 Å². The van der Waals surface area contributed by atoms with E-state index in [9.17, 15) is 5.11 Å². The van der Waals surface area contributed by atoms with Crippen molar-refractivity contribution in [3.63, 3.8) is 0 Å². The SMILES string of the molecule is COc1ccc(C(=N)N)cc1CN1CCC(C)C1CO. The third-order valence-corrected chi connectivity index (χ3v) is 4.15. The van der Waals surface area contributed by atoms with Gasteiger partial charge in [0.25, 0.3) is 0 Å². The monoisotopic (exact) mass is 277 g/mol. The maximum atomic E-state index is 9.53. The highest BCUT2D eigenvalue weighted by Crippen LogP contribution is 2.28. The number of nitrogens with two attached hydrogens (primary N) is 1. The van der Waals surface area contributed by atoms with E-state index in [0.29, 0.717) is 18.0 Å². The number of hydrogen-bond donors (Lipinski definition) is 3. The minimum Gasteiger partial charge on any atom is -0.496 e. The average molecular weight is 277 g/mol. The quantitative estimate of drug-likeness (QED) is 0.557. The molecule has 2 unspecified atom stereocenters. The fourth-order valence-corrected chi connectivity index (χ4v) is 2.87. The molecule has 0 spiro atoms. The zero-order chi connectivity index (χ0) is 14.7. The van der Waals surface area contributed by atoms with E-state index in [4.69, 9.17) is 15.9 Å². The highest BCUT2D eigenvalue weighted by Gasteiger charge is 2.30. The van der Waals surface area contributed by atoms with Gasteiger partial charge in [0.05, 0.1) is 13.7 Å². The van der Waals surface area contributed by atoms with Gasteiger partial charge in [-0.2, -0.15) is 0 Å². The van der Waals surface area contributed by atoms with Gasteiger partial charge in [-0.1, -0.05) is 6.92 Å². The Kier molecular flexibility index (Phi) is 4.62. The van der Waals surface area contributed by atoms with Crippen LogP contribution in [0.15, 0.2) is 18.2 Å². The molecule has 20 heavy (non-hydrogen) atoms. The number of aliphatic hydroxyl groups excluding tert-OH is 1. The summed E-state index contributed by atoms with van der Waals surface area (Å²) < 4.78 is 5.39. The number of amidine groups is 1. The van der Waals surface area contributed by atoms with Crippen molar-refractivity contribution >= 4 is 5.84 Å². The van der Waals surface area contributed by atoms with Crippen LogP contribution in [0.5, 0.6) is 5.75 Å². The number of nitrogens with one attached hydrogen (secondary N) is 1. The summed E-state index contributed by atoms with van der Waals surface area (Å²) >= 11 is 0. The van der Waals surface area contributed by atoms with Gasteiger partial charge < -0.3 is 15.6 Å². The second-order valence-corrected chi connectivity index (χ2v) is 5.43. The number of benzene rings is 1. The van der Waals surface area contributed by atoms with Gasteiger partial charge >= 0.3 is 0 Å². The van der Waals surface area contributed by atoms with Gasteiger partial charge in [0.15, 0.2) is 0 Å². The topological polar surface area (TPSA) is 82.6 Å². The van der Waals surface area contributed by atoms with E-state index in [1.807, 2.05) is 12.1 Å². The Morgan fingerprint density at radius 1 is 1.55 bits per heavy atom. The lowest BCUT2D eigenvalue weighted by Crippen LogP contribution is -2.34. The molecule has 1 aromatic carbocycles. The molecule has 2 rings (SSSR count). The smallest absolute Gasteiger partial charge is 0.123 e. The van der Waals surface area contributed by atoms with Gasteiger partial charge in [0.1, 0.15) is 11.6 Å². The van der Waals surface area contributed by atoms with Crippen LogP contribution in [0.3, 0.4) is 0 Å². The molecule has 0 bridgehead atoms. The Bertz CT molecular complexity index is 490. The predicted molar refractivity (Wildman–Crippen MR) is 79.1 cm³/mol. The third-order valence-electron chi connectivity index (χ3n) is 4.15. The summed E-state index contributed by atoms with van der Waals surface area (Å²) in [6, 6.07) is 5.74. The number of nitrogen functional groups attached to an aromatic ring is 1. The lowest BCUT2D eigenvalue weighted by molar-refractivity contribution is 0.133. The van der Waals surface area contributed by atoms with E-state index in [-0.39, 0.29) is 18.5 Å². The Balaban J connectivity index is 2.23. The van der Waals surface area contributed by atoms with Crippen LogP contribution < -0.4 is 10.5 Å². The summed E-state index contributed by atoms with van der Waals surface area (Å²) in [6.07, 6.45) is 1.10. The Labute approximate surface area is 119 Å². The summed E-state index contributed by atoms with van der Waals surface area (Å²) in [4.78, 5) is 2.27. The molecule has 1 aromatic rings. The maximum Gasteiger partial charge on any atom is 0.123 e. The van der Waals surface area contributed by atoms with Crippen LogP contribution in [0.25, 0.3) is 0 Å². The van der Waals surface area contributed by atoms with Crippen molar-refractivity contribution < 1.29 is 9.84 Å². The molecule has 1 aliphatic rings. The van der Waals surface area contributed by atoms with Crippen molar-refractivity contribution in [2.45, 2.75) is 25.9 Å².